The van der Waals surface area contributed by atoms with E-state index in [1.54, 1.807) is 25.1 Å². The summed E-state index contributed by atoms with van der Waals surface area (Å²) in [4.78, 5) is 0.183. The van der Waals surface area contributed by atoms with Crippen molar-refractivity contribution in [3.63, 3.8) is 0 Å². The summed E-state index contributed by atoms with van der Waals surface area (Å²) in [6, 6.07) is 5.10. The summed E-state index contributed by atoms with van der Waals surface area (Å²) in [6.45, 7) is 4.79. The van der Waals surface area contributed by atoms with Gasteiger partial charge in [-0.15, -0.1) is 0 Å². The lowest BCUT2D eigenvalue weighted by Crippen LogP contribution is -2.49. The van der Waals surface area contributed by atoms with Crippen molar-refractivity contribution in [3.8, 4) is 0 Å². The fraction of sp³-hybridized carbons (Fsp3) is 0.538. The van der Waals surface area contributed by atoms with Crippen molar-refractivity contribution < 1.29 is 13.2 Å². The van der Waals surface area contributed by atoms with Crippen molar-refractivity contribution in [1.82, 2.24) is 4.72 Å². The molecule has 0 unspecified atom stereocenters. The second-order valence-electron chi connectivity index (χ2n) is 5.27. The molecule has 5 nitrogen and oxygen atoms in total. The summed E-state index contributed by atoms with van der Waals surface area (Å²) in [7, 11) is -3.61. The highest BCUT2D eigenvalue weighted by Gasteiger charge is 2.33. The van der Waals surface area contributed by atoms with Crippen LogP contribution in [0.4, 0.5) is 5.69 Å². The van der Waals surface area contributed by atoms with Gasteiger partial charge in [0.25, 0.3) is 0 Å². The average Bonchev–Trinajstić information content (AvgIpc) is 2.27. The Morgan fingerprint density at radius 1 is 1.32 bits per heavy atom. The van der Waals surface area contributed by atoms with Gasteiger partial charge in [-0.25, -0.2) is 13.1 Å². The Morgan fingerprint density at radius 3 is 2.53 bits per heavy atom. The molecule has 0 saturated carbocycles. The third kappa shape index (κ3) is 3.08. The number of nitrogens with one attached hydrogen (secondary N) is 1. The first-order valence-corrected chi connectivity index (χ1v) is 7.79. The van der Waals surface area contributed by atoms with Crippen LogP contribution in [-0.2, 0) is 14.8 Å². The molecule has 3 N–H and O–H groups in total. The summed E-state index contributed by atoms with van der Waals surface area (Å²) < 4.78 is 33.1. The van der Waals surface area contributed by atoms with Gasteiger partial charge in [-0.1, -0.05) is 12.1 Å². The SMILES string of the molecule is Cc1cccc(N)c1S(=O)(=O)NC1(C)CCOCC1. The van der Waals surface area contributed by atoms with E-state index in [2.05, 4.69) is 4.72 Å². The van der Waals surface area contributed by atoms with Crippen LogP contribution >= 0.6 is 0 Å². The van der Waals surface area contributed by atoms with Crippen molar-refractivity contribution in [2.75, 3.05) is 18.9 Å². The van der Waals surface area contributed by atoms with Gasteiger partial charge in [0.05, 0.1) is 5.69 Å². The van der Waals surface area contributed by atoms with Crippen molar-refractivity contribution >= 4 is 15.7 Å². The molecule has 0 aromatic heterocycles. The van der Waals surface area contributed by atoms with Crippen molar-refractivity contribution in [3.05, 3.63) is 23.8 Å². The van der Waals surface area contributed by atoms with Gasteiger partial charge in [0.2, 0.25) is 10.0 Å². The first kappa shape index (κ1) is 14.3. The van der Waals surface area contributed by atoms with Crippen LogP contribution in [-0.4, -0.2) is 27.2 Å². The molecule has 1 aliphatic rings. The molecule has 0 spiro atoms. The first-order valence-electron chi connectivity index (χ1n) is 6.31. The third-order valence-electron chi connectivity index (χ3n) is 3.49. The summed E-state index contributed by atoms with van der Waals surface area (Å²) in [5.74, 6) is 0. The largest absolute Gasteiger partial charge is 0.398 e. The predicted molar refractivity (Wildman–Crippen MR) is 74.4 cm³/mol. The van der Waals surface area contributed by atoms with Crippen LogP contribution in [0.25, 0.3) is 0 Å². The second kappa shape index (κ2) is 5.11. The molecule has 1 heterocycles. The van der Waals surface area contributed by atoms with Gasteiger partial charge < -0.3 is 10.5 Å². The second-order valence-corrected chi connectivity index (χ2v) is 6.89. The van der Waals surface area contributed by atoms with Gasteiger partial charge in [-0.2, -0.15) is 0 Å². The minimum absolute atomic E-state index is 0.183. The first-order chi connectivity index (χ1) is 8.84. The Kier molecular flexibility index (Phi) is 3.85. The predicted octanol–water partition coefficient (Wildman–Crippen LogP) is 1.42. The number of hydrogen-bond acceptors (Lipinski definition) is 4. The highest BCUT2D eigenvalue weighted by Crippen LogP contribution is 2.27. The van der Waals surface area contributed by atoms with Crippen LogP contribution in [0.2, 0.25) is 0 Å². The lowest BCUT2D eigenvalue weighted by atomic mass is 9.94. The topological polar surface area (TPSA) is 81.4 Å². The van der Waals surface area contributed by atoms with Crippen LogP contribution in [0, 0.1) is 6.92 Å². The Morgan fingerprint density at radius 2 is 1.95 bits per heavy atom. The fourth-order valence-electron chi connectivity index (χ4n) is 2.34. The monoisotopic (exact) mass is 284 g/mol. The van der Waals surface area contributed by atoms with E-state index in [-0.39, 0.29) is 10.6 Å². The molecule has 0 aliphatic carbocycles. The molecule has 1 aromatic rings. The molecule has 1 aromatic carbocycles. The molecule has 0 radical (unpaired) electrons. The van der Waals surface area contributed by atoms with E-state index in [0.29, 0.717) is 31.6 Å². The van der Waals surface area contributed by atoms with Crippen LogP contribution in [0.1, 0.15) is 25.3 Å². The highest BCUT2D eigenvalue weighted by molar-refractivity contribution is 7.89. The van der Waals surface area contributed by atoms with Crippen LogP contribution in [0.5, 0.6) is 0 Å². The lowest BCUT2D eigenvalue weighted by molar-refractivity contribution is 0.0537. The Balaban J connectivity index is 2.33. The van der Waals surface area contributed by atoms with E-state index in [0.717, 1.165) is 0 Å². The molecular weight excluding hydrogens is 264 g/mol. The summed E-state index contributed by atoms with van der Waals surface area (Å²) in [5.41, 5.74) is 6.28. The molecule has 19 heavy (non-hydrogen) atoms. The smallest absolute Gasteiger partial charge is 0.243 e. The van der Waals surface area contributed by atoms with E-state index in [9.17, 15) is 8.42 Å². The average molecular weight is 284 g/mol. The van der Waals surface area contributed by atoms with Gasteiger partial charge in [0, 0.05) is 18.8 Å². The van der Waals surface area contributed by atoms with Gasteiger partial charge in [-0.05, 0) is 38.3 Å². The number of anilines is 1. The van der Waals surface area contributed by atoms with E-state index < -0.39 is 15.6 Å². The molecule has 1 aliphatic heterocycles. The molecule has 106 valence electrons. The quantitative estimate of drug-likeness (QED) is 0.823. The van der Waals surface area contributed by atoms with E-state index in [1.807, 2.05) is 6.92 Å². The van der Waals surface area contributed by atoms with Crippen LogP contribution in [0.15, 0.2) is 23.1 Å². The van der Waals surface area contributed by atoms with E-state index in [1.165, 1.54) is 0 Å². The Hall–Kier alpha value is -1.11. The molecule has 6 heteroatoms. The fourth-order valence-corrected chi connectivity index (χ4v) is 4.17. The number of sulfonamides is 1. The standard InChI is InChI=1S/C13H20N2O3S/c1-10-4-3-5-11(14)12(10)19(16,17)15-13(2)6-8-18-9-7-13/h3-5,15H,6-9,14H2,1-2H3. The maximum atomic E-state index is 12.5. The normalized spacial score (nSPS) is 19.3. The van der Waals surface area contributed by atoms with Gasteiger partial charge in [0.15, 0.2) is 0 Å². The van der Waals surface area contributed by atoms with Gasteiger partial charge in [0.1, 0.15) is 4.90 Å². The minimum atomic E-state index is -3.61. The van der Waals surface area contributed by atoms with E-state index in [4.69, 9.17) is 10.5 Å². The van der Waals surface area contributed by atoms with Gasteiger partial charge in [-0.3, -0.25) is 0 Å². The number of rotatable bonds is 3. The molecular formula is C13H20N2O3S. The van der Waals surface area contributed by atoms with Crippen LogP contribution in [0.3, 0.4) is 0 Å². The number of hydrogen-bond donors (Lipinski definition) is 2. The van der Waals surface area contributed by atoms with Gasteiger partial charge >= 0.3 is 0 Å². The molecule has 1 saturated heterocycles. The molecule has 0 amide bonds. The highest BCUT2D eigenvalue weighted by atomic mass is 32.2. The third-order valence-corrected chi connectivity index (χ3v) is 5.34. The maximum Gasteiger partial charge on any atom is 0.243 e. The summed E-state index contributed by atoms with van der Waals surface area (Å²) >= 11 is 0. The molecule has 2 rings (SSSR count). The van der Waals surface area contributed by atoms with Crippen molar-refractivity contribution in [1.29, 1.82) is 0 Å². The lowest BCUT2D eigenvalue weighted by Gasteiger charge is -2.34. The van der Waals surface area contributed by atoms with Crippen molar-refractivity contribution in [2.24, 2.45) is 0 Å². The zero-order valence-corrected chi connectivity index (χ0v) is 12.1. The number of benzene rings is 1. The van der Waals surface area contributed by atoms with E-state index >= 15 is 0 Å². The van der Waals surface area contributed by atoms with Crippen LogP contribution < -0.4 is 10.5 Å². The summed E-state index contributed by atoms with van der Waals surface area (Å²) in [6.07, 6.45) is 1.33. The zero-order chi connectivity index (χ0) is 14.1. The molecule has 1 fully saturated rings. The number of nitrogen functional groups attached to an aromatic ring is 1. The number of nitrogens with two attached hydrogens (primary N) is 1. The Bertz CT molecular complexity index is 543. The number of ether oxygens (including phenoxy) is 1. The zero-order valence-electron chi connectivity index (χ0n) is 11.3. The number of aryl methyl sites for hydroxylation is 1. The molecule has 0 bridgehead atoms. The molecule has 0 atom stereocenters. The summed E-state index contributed by atoms with van der Waals surface area (Å²) in [5, 5.41) is 0. The Labute approximate surface area is 114 Å². The maximum absolute atomic E-state index is 12.5. The minimum Gasteiger partial charge on any atom is -0.398 e. The van der Waals surface area contributed by atoms with Crippen molar-refractivity contribution in [2.45, 2.75) is 37.1 Å².